The van der Waals surface area contributed by atoms with E-state index in [9.17, 15) is 0 Å². The molecule has 2 rings (SSSR count). The number of hydrogen-bond donors (Lipinski definition) is 1. The predicted molar refractivity (Wildman–Crippen MR) is 68.9 cm³/mol. The van der Waals surface area contributed by atoms with Crippen LogP contribution in [0.4, 0.5) is 0 Å². The Labute approximate surface area is 102 Å². The van der Waals surface area contributed by atoms with Gasteiger partial charge in [0, 0.05) is 6.20 Å². The van der Waals surface area contributed by atoms with Crippen LogP contribution in [0.25, 0.3) is 0 Å². The van der Waals surface area contributed by atoms with Crippen molar-refractivity contribution in [3.05, 3.63) is 59.2 Å². The van der Waals surface area contributed by atoms with Crippen molar-refractivity contribution in [3.8, 4) is 0 Å². The van der Waals surface area contributed by atoms with E-state index in [0.717, 1.165) is 5.69 Å². The fraction of sp³-hybridized carbons (Fsp3) is 0.286. The highest BCUT2D eigenvalue weighted by Crippen LogP contribution is 2.23. The molecule has 1 heterocycles. The lowest BCUT2D eigenvalue weighted by Gasteiger charge is -2.18. The van der Waals surface area contributed by atoms with E-state index in [1.165, 1.54) is 16.7 Å². The fourth-order valence-corrected chi connectivity index (χ4v) is 2.01. The van der Waals surface area contributed by atoms with Crippen LogP contribution >= 0.6 is 0 Å². The molecule has 0 aliphatic rings. The molecule has 1 aromatic heterocycles. The van der Waals surface area contributed by atoms with Gasteiger partial charge >= 0.3 is 0 Å². The molecular weight excluding hydrogens is 210 g/mol. The summed E-state index contributed by atoms with van der Waals surface area (Å²) in [6.45, 7) is 4.23. The minimum atomic E-state index is 0.123. The first kappa shape index (κ1) is 11.7. The Hall–Kier alpha value is -1.74. The largest absolute Gasteiger partial charge is 0.308 e. The third kappa shape index (κ3) is 2.50. The van der Waals surface area contributed by atoms with E-state index in [0.29, 0.717) is 0 Å². The lowest BCUT2D eigenvalue weighted by molar-refractivity contribution is 0.664. The van der Waals surface area contributed by atoms with Crippen LogP contribution in [0.2, 0.25) is 0 Å². The molecule has 1 aromatic carbocycles. The average Bonchev–Trinajstić information content (AvgIpc) is 2.36. The van der Waals surface area contributed by atoms with Gasteiger partial charge in [0.1, 0.15) is 6.33 Å². The van der Waals surface area contributed by atoms with E-state index >= 15 is 0 Å². The molecular formula is C14H17N3. The second-order valence-corrected chi connectivity index (χ2v) is 4.22. The molecule has 1 unspecified atom stereocenters. The molecule has 3 heteroatoms. The lowest BCUT2D eigenvalue weighted by Crippen LogP contribution is -2.20. The van der Waals surface area contributed by atoms with Crippen LogP contribution in [-0.2, 0) is 0 Å². The summed E-state index contributed by atoms with van der Waals surface area (Å²) in [4.78, 5) is 8.28. The highest BCUT2D eigenvalue weighted by Gasteiger charge is 2.15. The number of aryl methyl sites for hydroxylation is 2. The molecule has 17 heavy (non-hydrogen) atoms. The summed E-state index contributed by atoms with van der Waals surface area (Å²) in [6, 6.07) is 8.56. The van der Waals surface area contributed by atoms with Gasteiger partial charge in [-0.1, -0.05) is 23.8 Å². The number of hydrogen-bond acceptors (Lipinski definition) is 3. The van der Waals surface area contributed by atoms with Crippen LogP contribution in [0, 0.1) is 13.8 Å². The molecule has 0 bridgehead atoms. The summed E-state index contributed by atoms with van der Waals surface area (Å²) in [5, 5.41) is 3.31. The molecule has 0 amide bonds. The summed E-state index contributed by atoms with van der Waals surface area (Å²) >= 11 is 0. The van der Waals surface area contributed by atoms with Crippen LogP contribution in [0.5, 0.6) is 0 Å². The molecule has 0 aliphatic carbocycles. The van der Waals surface area contributed by atoms with Crippen molar-refractivity contribution in [1.82, 2.24) is 15.3 Å². The molecule has 0 radical (unpaired) electrons. The van der Waals surface area contributed by atoms with Gasteiger partial charge in [-0.15, -0.1) is 0 Å². The van der Waals surface area contributed by atoms with Crippen molar-refractivity contribution in [3.63, 3.8) is 0 Å². The highest BCUT2D eigenvalue weighted by molar-refractivity contribution is 5.36. The second kappa shape index (κ2) is 5.06. The summed E-state index contributed by atoms with van der Waals surface area (Å²) in [5.41, 5.74) is 4.80. The maximum Gasteiger partial charge on any atom is 0.115 e. The summed E-state index contributed by atoms with van der Waals surface area (Å²) in [7, 11) is 1.95. The zero-order valence-electron chi connectivity index (χ0n) is 10.4. The second-order valence-electron chi connectivity index (χ2n) is 4.22. The summed E-state index contributed by atoms with van der Waals surface area (Å²) in [6.07, 6.45) is 3.36. The van der Waals surface area contributed by atoms with E-state index < -0.39 is 0 Å². The third-order valence-electron chi connectivity index (χ3n) is 2.94. The van der Waals surface area contributed by atoms with Crippen molar-refractivity contribution in [1.29, 1.82) is 0 Å². The van der Waals surface area contributed by atoms with Gasteiger partial charge in [0.05, 0.1) is 11.7 Å². The molecule has 3 nitrogen and oxygen atoms in total. The molecule has 0 saturated heterocycles. The Morgan fingerprint density at radius 1 is 1.18 bits per heavy atom. The Morgan fingerprint density at radius 2 is 2.00 bits per heavy atom. The van der Waals surface area contributed by atoms with Crippen LogP contribution < -0.4 is 5.32 Å². The van der Waals surface area contributed by atoms with Crippen molar-refractivity contribution >= 4 is 0 Å². The minimum Gasteiger partial charge on any atom is -0.308 e. The SMILES string of the molecule is CNC(c1ccncn1)c1cc(C)ccc1C. The normalized spacial score (nSPS) is 12.4. The van der Waals surface area contributed by atoms with Crippen LogP contribution in [0.3, 0.4) is 0 Å². The first-order valence-corrected chi connectivity index (χ1v) is 5.72. The quantitative estimate of drug-likeness (QED) is 0.875. The van der Waals surface area contributed by atoms with Gasteiger partial charge in [-0.05, 0) is 38.1 Å². The van der Waals surface area contributed by atoms with Crippen molar-refractivity contribution in [2.45, 2.75) is 19.9 Å². The zero-order valence-corrected chi connectivity index (χ0v) is 10.4. The molecule has 0 saturated carbocycles. The van der Waals surface area contributed by atoms with Crippen LogP contribution in [0.1, 0.15) is 28.4 Å². The van der Waals surface area contributed by atoms with Gasteiger partial charge in [-0.3, -0.25) is 0 Å². The van der Waals surface area contributed by atoms with E-state index in [-0.39, 0.29) is 6.04 Å². The Morgan fingerprint density at radius 3 is 2.65 bits per heavy atom. The highest BCUT2D eigenvalue weighted by atomic mass is 14.9. The van der Waals surface area contributed by atoms with Gasteiger partial charge in [-0.2, -0.15) is 0 Å². The molecule has 0 fully saturated rings. The van der Waals surface area contributed by atoms with Gasteiger partial charge < -0.3 is 5.32 Å². The van der Waals surface area contributed by atoms with E-state index in [4.69, 9.17) is 0 Å². The topological polar surface area (TPSA) is 37.8 Å². The van der Waals surface area contributed by atoms with Crippen molar-refractivity contribution in [2.24, 2.45) is 0 Å². The van der Waals surface area contributed by atoms with E-state index in [2.05, 4.69) is 47.3 Å². The molecule has 88 valence electrons. The molecule has 1 atom stereocenters. The fourth-order valence-electron chi connectivity index (χ4n) is 2.01. The maximum atomic E-state index is 4.32. The van der Waals surface area contributed by atoms with Crippen LogP contribution in [-0.4, -0.2) is 17.0 Å². The van der Waals surface area contributed by atoms with Gasteiger partial charge in [-0.25, -0.2) is 9.97 Å². The van der Waals surface area contributed by atoms with Gasteiger partial charge in [0.15, 0.2) is 0 Å². The minimum absolute atomic E-state index is 0.123. The average molecular weight is 227 g/mol. The van der Waals surface area contributed by atoms with Crippen molar-refractivity contribution in [2.75, 3.05) is 7.05 Å². The Kier molecular flexibility index (Phi) is 3.49. The zero-order chi connectivity index (χ0) is 12.3. The standard InChI is InChI=1S/C14H17N3/c1-10-4-5-11(2)12(8-10)14(15-3)13-6-7-16-9-17-13/h4-9,14-15H,1-3H3. The number of benzene rings is 1. The van der Waals surface area contributed by atoms with Crippen molar-refractivity contribution < 1.29 is 0 Å². The maximum absolute atomic E-state index is 4.32. The van der Waals surface area contributed by atoms with Gasteiger partial charge in [0.25, 0.3) is 0 Å². The third-order valence-corrected chi connectivity index (χ3v) is 2.94. The van der Waals surface area contributed by atoms with Gasteiger partial charge in [0.2, 0.25) is 0 Å². The molecule has 2 aromatic rings. The predicted octanol–water partition coefficient (Wildman–Crippen LogP) is 2.40. The monoisotopic (exact) mass is 227 g/mol. The van der Waals surface area contributed by atoms with E-state index in [1.54, 1.807) is 12.5 Å². The first-order valence-electron chi connectivity index (χ1n) is 5.72. The smallest absolute Gasteiger partial charge is 0.115 e. The molecule has 0 aliphatic heterocycles. The van der Waals surface area contributed by atoms with Crippen LogP contribution in [0.15, 0.2) is 36.8 Å². The first-order chi connectivity index (χ1) is 8.22. The number of rotatable bonds is 3. The number of nitrogens with zero attached hydrogens (tertiary/aromatic N) is 2. The molecule has 0 spiro atoms. The summed E-state index contributed by atoms with van der Waals surface area (Å²) in [5.74, 6) is 0. The Balaban J connectivity index is 2.46. The van der Waals surface area contributed by atoms with E-state index in [1.807, 2.05) is 13.1 Å². The number of aromatic nitrogens is 2. The number of nitrogens with one attached hydrogen (secondary N) is 1. The Bertz CT molecular complexity index is 494. The summed E-state index contributed by atoms with van der Waals surface area (Å²) < 4.78 is 0. The lowest BCUT2D eigenvalue weighted by atomic mass is 9.97. The molecule has 1 N–H and O–H groups in total.